The van der Waals surface area contributed by atoms with Crippen molar-refractivity contribution in [1.29, 1.82) is 0 Å². The van der Waals surface area contributed by atoms with Crippen molar-refractivity contribution in [2.75, 3.05) is 0 Å². The van der Waals surface area contributed by atoms with Crippen LogP contribution in [0.5, 0.6) is 5.75 Å². The van der Waals surface area contributed by atoms with Crippen LogP contribution in [-0.4, -0.2) is 16.7 Å². The van der Waals surface area contributed by atoms with Crippen molar-refractivity contribution < 1.29 is 27.8 Å². The van der Waals surface area contributed by atoms with Crippen LogP contribution in [0, 0.1) is 11.8 Å². The molecule has 130 valence electrons. The molecule has 0 bridgehead atoms. The van der Waals surface area contributed by atoms with E-state index in [4.69, 9.17) is 9.84 Å². The predicted octanol–water partition coefficient (Wildman–Crippen LogP) is 4.61. The van der Waals surface area contributed by atoms with E-state index in [9.17, 15) is 18.0 Å². The van der Waals surface area contributed by atoms with Gasteiger partial charge in [0.15, 0.2) is 5.60 Å². The number of alkyl halides is 3. The van der Waals surface area contributed by atoms with Crippen molar-refractivity contribution in [3.8, 4) is 17.6 Å². The van der Waals surface area contributed by atoms with Crippen LogP contribution in [0.1, 0.15) is 35.3 Å². The third-order valence-electron chi connectivity index (χ3n) is 3.18. The fraction of sp³-hybridized carbons (Fsp3) is 0.211. The van der Waals surface area contributed by atoms with Gasteiger partial charge in [-0.2, -0.15) is 13.2 Å². The quantitative estimate of drug-likeness (QED) is 0.824. The largest absolute Gasteiger partial charge is 0.478 e. The standard InChI is InChI=1S/C19H15F3O3/c1-18(2,11-10-13-6-4-3-5-7-13)25-16-12-14(17(23)24)8-9-15(16)19(20,21)22/h3-9,12H,1-2H3,(H,23,24). The summed E-state index contributed by atoms with van der Waals surface area (Å²) in [4.78, 5) is 11.0. The summed E-state index contributed by atoms with van der Waals surface area (Å²) < 4.78 is 44.8. The lowest BCUT2D eigenvalue weighted by Crippen LogP contribution is -2.27. The molecular weight excluding hydrogens is 333 g/mol. The highest BCUT2D eigenvalue weighted by atomic mass is 19.4. The molecule has 2 aromatic carbocycles. The highest BCUT2D eigenvalue weighted by Crippen LogP contribution is 2.38. The van der Waals surface area contributed by atoms with Crippen molar-refractivity contribution in [3.05, 3.63) is 65.2 Å². The number of ether oxygens (including phenoxy) is 1. The maximum Gasteiger partial charge on any atom is 0.419 e. The molecule has 6 heteroatoms. The average Bonchev–Trinajstić information content (AvgIpc) is 2.52. The molecule has 0 spiro atoms. The molecule has 25 heavy (non-hydrogen) atoms. The molecule has 1 N–H and O–H groups in total. The highest BCUT2D eigenvalue weighted by molar-refractivity contribution is 5.88. The number of hydrogen-bond acceptors (Lipinski definition) is 2. The topological polar surface area (TPSA) is 46.5 Å². The second-order valence-corrected chi connectivity index (χ2v) is 5.74. The van der Waals surface area contributed by atoms with Gasteiger partial charge in [-0.05, 0) is 44.2 Å². The Morgan fingerprint density at radius 1 is 1.08 bits per heavy atom. The lowest BCUT2D eigenvalue weighted by Gasteiger charge is -2.23. The molecule has 0 heterocycles. The molecule has 3 nitrogen and oxygen atoms in total. The Labute approximate surface area is 143 Å². The van der Waals surface area contributed by atoms with E-state index in [0.29, 0.717) is 11.6 Å². The zero-order chi connectivity index (χ0) is 18.7. The summed E-state index contributed by atoms with van der Waals surface area (Å²) in [5.74, 6) is 3.68. The maximum atomic E-state index is 13.1. The molecule has 0 aliphatic carbocycles. The third kappa shape index (κ3) is 5.01. The van der Waals surface area contributed by atoms with Gasteiger partial charge in [-0.25, -0.2) is 4.79 Å². The fourth-order valence-electron chi connectivity index (χ4n) is 2.02. The lowest BCUT2D eigenvalue weighted by molar-refractivity contribution is -0.139. The Morgan fingerprint density at radius 3 is 2.28 bits per heavy atom. The summed E-state index contributed by atoms with van der Waals surface area (Å²) in [7, 11) is 0. The minimum atomic E-state index is -4.67. The van der Waals surface area contributed by atoms with Crippen molar-refractivity contribution in [1.82, 2.24) is 0 Å². The van der Waals surface area contributed by atoms with Crippen molar-refractivity contribution >= 4 is 5.97 Å². The molecule has 2 rings (SSSR count). The van der Waals surface area contributed by atoms with Gasteiger partial charge in [0, 0.05) is 5.56 Å². The summed E-state index contributed by atoms with van der Waals surface area (Å²) >= 11 is 0. The first kappa shape index (κ1) is 18.4. The predicted molar refractivity (Wildman–Crippen MR) is 86.4 cm³/mol. The van der Waals surface area contributed by atoms with Crippen LogP contribution in [0.25, 0.3) is 0 Å². The Bertz CT molecular complexity index is 828. The molecule has 0 atom stereocenters. The molecule has 2 aromatic rings. The SMILES string of the molecule is CC(C)(C#Cc1ccccc1)Oc1cc(C(=O)O)ccc1C(F)(F)F. The molecule has 0 amide bonds. The molecule has 0 saturated heterocycles. The van der Waals surface area contributed by atoms with Crippen LogP contribution in [0.3, 0.4) is 0 Å². The minimum Gasteiger partial charge on any atom is -0.478 e. The molecule has 0 fully saturated rings. The summed E-state index contributed by atoms with van der Waals surface area (Å²) in [5.41, 5.74) is -1.91. The van der Waals surface area contributed by atoms with Crippen LogP contribution >= 0.6 is 0 Å². The number of carbonyl (C=O) groups is 1. The normalized spacial score (nSPS) is 11.4. The molecule has 0 saturated carbocycles. The van der Waals surface area contributed by atoms with Gasteiger partial charge in [0.2, 0.25) is 0 Å². The molecule has 0 aliphatic heterocycles. The number of benzene rings is 2. The third-order valence-corrected chi connectivity index (χ3v) is 3.18. The van der Waals surface area contributed by atoms with Gasteiger partial charge in [0.1, 0.15) is 5.75 Å². The van der Waals surface area contributed by atoms with E-state index in [1.165, 1.54) is 13.8 Å². The lowest BCUT2D eigenvalue weighted by atomic mass is 10.1. The number of aromatic carboxylic acids is 1. The van der Waals surface area contributed by atoms with Gasteiger partial charge in [-0.1, -0.05) is 30.0 Å². The van der Waals surface area contributed by atoms with E-state index in [0.717, 1.165) is 12.1 Å². The van der Waals surface area contributed by atoms with Crippen molar-refractivity contribution in [3.63, 3.8) is 0 Å². The zero-order valence-electron chi connectivity index (χ0n) is 13.5. The smallest absolute Gasteiger partial charge is 0.419 e. The number of halogens is 3. The first-order valence-corrected chi connectivity index (χ1v) is 7.30. The summed E-state index contributed by atoms with van der Waals surface area (Å²) in [6.45, 7) is 3.02. The zero-order valence-corrected chi connectivity index (χ0v) is 13.5. The molecule has 0 aliphatic rings. The second-order valence-electron chi connectivity index (χ2n) is 5.74. The van der Waals surface area contributed by atoms with Crippen LogP contribution in [-0.2, 0) is 6.18 Å². The van der Waals surface area contributed by atoms with Crippen LogP contribution < -0.4 is 4.74 Å². The highest BCUT2D eigenvalue weighted by Gasteiger charge is 2.36. The van der Waals surface area contributed by atoms with Gasteiger partial charge in [-0.15, -0.1) is 0 Å². The maximum absolute atomic E-state index is 13.1. The second kappa shape index (κ2) is 6.89. The van der Waals surface area contributed by atoms with Crippen LogP contribution in [0.15, 0.2) is 48.5 Å². The number of hydrogen-bond donors (Lipinski definition) is 1. The summed E-state index contributed by atoms with van der Waals surface area (Å²) in [6, 6.07) is 11.4. The van der Waals surface area contributed by atoms with E-state index in [1.807, 2.05) is 6.07 Å². The first-order chi connectivity index (χ1) is 11.6. The van der Waals surface area contributed by atoms with Gasteiger partial charge in [0.05, 0.1) is 11.1 Å². The fourth-order valence-corrected chi connectivity index (χ4v) is 2.02. The Morgan fingerprint density at radius 2 is 1.72 bits per heavy atom. The van der Waals surface area contributed by atoms with E-state index >= 15 is 0 Å². The van der Waals surface area contributed by atoms with Gasteiger partial charge in [-0.3, -0.25) is 0 Å². The Balaban J connectivity index is 2.38. The van der Waals surface area contributed by atoms with E-state index < -0.39 is 29.1 Å². The van der Waals surface area contributed by atoms with E-state index in [1.54, 1.807) is 24.3 Å². The van der Waals surface area contributed by atoms with Crippen molar-refractivity contribution in [2.24, 2.45) is 0 Å². The van der Waals surface area contributed by atoms with Crippen molar-refractivity contribution in [2.45, 2.75) is 25.6 Å². The van der Waals surface area contributed by atoms with Gasteiger partial charge < -0.3 is 9.84 Å². The minimum absolute atomic E-state index is 0.296. The molecule has 0 aromatic heterocycles. The monoisotopic (exact) mass is 348 g/mol. The number of rotatable bonds is 3. The van der Waals surface area contributed by atoms with E-state index in [2.05, 4.69) is 11.8 Å². The average molecular weight is 348 g/mol. The van der Waals surface area contributed by atoms with Gasteiger partial charge >= 0.3 is 12.1 Å². The number of carboxylic acid groups (broad SMARTS) is 1. The molecular formula is C19H15F3O3. The summed E-state index contributed by atoms with van der Waals surface area (Å²) in [6.07, 6.45) is -4.67. The van der Waals surface area contributed by atoms with Crippen LogP contribution in [0.4, 0.5) is 13.2 Å². The van der Waals surface area contributed by atoms with E-state index in [-0.39, 0.29) is 5.56 Å². The first-order valence-electron chi connectivity index (χ1n) is 7.30. The van der Waals surface area contributed by atoms with Crippen LogP contribution in [0.2, 0.25) is 0 Å². The van der Waals surface area contributed by atoms with Gasteiger partial charge in [0.25, 0.3) is 0 Å². The Hall–Kier alpha value is -2.94. The Kier molecular flexibility index (Phi) is 5.07. The number of carboxylic acids is 1. The molecule has 0 unspecified atom stereocenters. The molecule has 0 radical (unpaired) electrons. The summed E-state index contributed by atoms with van der Waals surface area (Å²) in [5, 5.41) is 8.99.